The molecule has 1 saturated heterocycles. The zero-order chi connectivity index (χ0) is 19.7. The molecule has 1 aromatic carbocycles. The molecule has 1 N–H and O–H groups in total. The van der Waals surface area contributed by atoms with E-state index in [0.29, 0.717) is 0 Å². The highest BCUT2D eigenvalue weighted by Crippen LogP contribution is 2.50. The Morgan fingerprint density at radius 1 is 1.15 bits per heavy atom. The monoisotopic (exact) mass is 377 g/mol. The van der Waals surface area contributed by atoms with Crippen molar-refractivity contribution >= 4 is 12.1 Å². The van der Waals surface area contributed by atoms with Gasteiger partial charge in [-0.1, -0.05) is 30.3 Å². The normalized spacial score (nSPS) is 25.1. The number of nitrogens with one attached hydrogen (secondary N) is 1. The number of ether oxygens (including phenoxy) is 4. The van der Waals surface area contributed by atoms with Crippen molar-refractivity contribution in [3.8, 4) is 0 Å². The van der Waals surface area contributed by atoms with Crippen LogP contribution in [0.3, 0.4) is 0 Å². The highest BCUT2D eigenvalue weighted by atomic mass is 16.8. The molecule has 7 heteroatoms. The summed E-state index contributed by atoms with van der Waals surface area (Å²) in [6, 6.07) is 9.34. The minimum absolute atomic E-state index is 0.0749. The van der Waals surface area contributed by atoms with Crippen LogP contribution >= 0.6 is 0 Å². The van der Waals surface area contributed by atoms with E-state index in [0.717, 1.165) is 5.56 Å². The lowest BCUT2D eigenvalue weighted by Gasteiger charge is -2.50. The molecule has 7 nitrogen and oxygen atoms in total. The first kappa shape index (κ1) is 19.6. The standard InChI is InChI=1S/C20H27NO6/c1-13(2)25-17(22)19(11-20(12-19)26-14(3)15(4)27-20)21-18(23)24-10-16-8-6-5-7-9-16/h5-9,13-15H,10-12H2,1-4H3,(H,21,23)/t14-,15-/m1/s1. The van der Waals surface area contributed by atoms with Crippen LogP contribution in [0, 0.1) is 0 Å². The predicted molar refractivity (Wildman–Crippen MR) is 96.8 cm³/mol. The van der Waals surface area contributed by atoms with E-state index in [2.05, 4.69) is 5.32 Å². The van der Waals surface area contributed by atoms with E-state index < -0.39 is 23.4 Å². The van der Waals surface area contributed by atoms with Crippen LogP contribution < -0.4 is 5.32 Å². The smallest absolute Gasteiger partial charge is 0.408 e. The molecule has 3 rings (SSSR count). The van der Waals surface area contributed by atoms with Crippen molar-refractivity contribution in [1.29, 1.82) is 0 Å². The molecule has 2 aliphatic rings. The van der Waals surface area contributed by atoms with Crippen LogP contribution in [0.4, 0.5) is 4.79 Å². The van der Waals surface area contributed by atoms with Gasteiger partial charge < -0.3 is 24.3 Å². The largest absolute Gasteiger partial charge is 0.461 e. The van der Waals surface area contributed by atoms with Crippen molar-refractivity contribution in [2.45, 2.75) is 76.8 Å². The maximum absolute atomic E-state index is 12.7. The molecule has 0 aromatic heterocycles. The van der Waals surface area contributed by atoms with Crippen LogP contribution in [0.15, 0.2) is 30.3 Å². The van der Waals surface area contributed by atoms with Crippen LogP contribution in [0.5, 0.6) is 0 Å². The number of hydrogen-bond donors (Lipinski definition) is 1. The molecule has 1 spiro atoms. The molecule has 0 bridgehead atoms. The summed E-state index contributed by atoms with van der Waals surface area (Å²) in [4.78, 5) is 25.0. The molecular formula is C20H27NO6. The van der Waals surface area contributed by atoms with Crippen molar-refractivity contribution in [1.82, 2.24) is 5.32 Å². The number of benzene rings is 1. The minimum Gasteiger partial charge on any atom is -0.461 e. The molecule has 2 atom stereocenters. The first-order valence-electron chi connectivity index (χ1n) is 9.29. The second kappa shape index (κ2) is 7.48. The second-order valence-corrected chi connectivity index (χ2v) is 7.63. The SMILES string of the molecule is CC(C)OC(=O)C1(NC(=O)OCc2ccccc2)CC2(C1)O[C@H](C)[C@@H](C)O2. The van der Waals surface area contributed by atoms with Gasteiger partial charge in [-0.2, -0.15) is 0 Å². The van der Waals surface area contributed by atoms with Gasteiger partial charge in [-0.15, -0.1) is 0 Å². The molecule has 1 heterocycles. The summed E-state index contributed by atoms with van der Waals surface area (Å²) in [6.45, 7) is 7.50. The summed E-state index contributed by atoms with van der Waals surface area (Å²) >= 11 is 0. The fourth-order valence-electron chi connectivity index (χ4n) is 3.50. The third kappa shape index (κ3) is 4.25. The number of carbonyl (C=O) groups excluding carboxylic acids is 2. The van der Waals surface area contributed by atoms with Crippen LogP contribution in [-0.4, -0.2) is 41.7 Å². The van der Waals surface area contributed by atoms with Crippen LogP contribution in [0.2, 0.25) is 0 Å². The zero-order valence-electron chi connectivity index (χ0n) is 16.2. The fourth-order valence-corrected chi connectivity index (χ4v) is 3.50. The summed E-state index contributed by atoms with van der Waals surface area (Å²) in [7, 11) is 0. The molecule has 2 fully saturated rings. The average Bonchev–Trinajstić information content (AvgIpc) is 2.87. The van der Waals surface area contributed by atoms with Gasteiger partial charge in [-0.3, -0.25) is 0 Å². The van der Waals surface area contributed by atoms with Gasteiger partial charge in [0.05, 0.1) is 18.3 Å². The predicted octanol–water partition coefficient (Wildman–Crippen LogP) is 2.92. The number of amides is 1. The Balaban J connectivity index is 1.65. The maximum Gasteiger partial charge on any atom is 0.408 e. The van der Waals surface area contributed by atoms with E-state index in [1.165, 1.54) is 0 Å². The number of carbonyl (C=O) groups is 2. The van der Waals surface area contributed by atoms with E-state index in [1.54, 1.807) is 13.8 Å². The minimum atomic E-state index is -1.21. The van der Waals surface area contributed by atoms with Crippen LogP contribution in [0.1, 0.15) is 46.1 Å². The topological polar surface area (TPSA) is 83.1 Å². The molecule has 1 aliphatic carbocycles. The molecule has 0 radical (unpaired) electrons. The summed E-state index contributed by atoms with van der Waals surface area (Å²) < 4.78 is 22.4. The van der Waals surface area contributed by atoms with Gasteiger partial charge in [-0.05, 0) is 33.3 Å². The number of rotatable bonds is 5. The summed E-state index contributed by atoms with van der Waals surface area (Å²) in [5.41, 5.74) is -0.344. The average molecular weight is 377 g/mol. The van der Waals surface area contributed by atoms with E-state index >= 15 is 0 Å². The van der Waals surface area contributed by atoms with Crippen LogP contribution in [0.25, 0.3) is 0 Å². The highest BCUT2D eigenvalue weighted by Gasteiger charge is 2.66. The fraction of sp³-hybridized carbons (Fsp3) is 0.600. The summed E-state index contributed by atoms with van der Waals surface area (Å²) in [5.74, 6) is -1.36. The van der Waals surface area contributed by atoms with E-state index in [4.69, 9.17) is 18.9 Å². The summed E-state index contributed by atoms with van der Waals surface area (Å²) in [6.07, 6.45) is -0.727. The Hall–Kier alpha value is -2.12. The molecule has 1 saturated carbocycles. The van der Waals surface area contributed by atoms with Crippen molar-refractivity contribution in [3.05, 3.63) is 35.9 Å². The Morgan fingerprint density at radius 2 is 1.74 bits per heavy atom. The van der Waals surface area contributed by atoms with Gasteiger partial charge in [-0.25, -0.2) is 9.59 Å². The maximum atomic E-state index is 12.7. The second-order valence-electron chi connectivity index (χ2n) is 7.63. The zero-order valence-corrected chi connectivity index (χ0v) is 16.2. The van der Waals surface area contributed by atoms with Crippen molar-refractivity contribution in [2.24, 2.45) is 0 Å². The molecule has 0 unspecified atom stereocenters. The van der Waals surface area contributed by atoms with Gasteiger partial charge in [0, 0.05) is 12.8 Å². The highest BCUT2D eigenvalue weighted by molar-refractivity contribution is 5.87. The van der Waals surface area contributed by atoms with Gasteiger partial charge in [0.2, 0.25) is 0 Å². The lowest BCUT2D eigenvalue weighted by Crippen LogP contribution is -2.70. The molecule has 1 aliphatic heterocycles. The molecule has 1 amide bonds. The molecule has 148 valence electrons. The Bertz CT molecular complexity index is 671. The first-order chi connectivity index (χ1) is 12.7. The number of esters is 1. The van der Waals surface area contributed by atoms with Crippen LogP contribution in [-0.2, 0) is 30.3 Å². The molecule has 1 aromatic rings. The van der Waals surface area contributed by atoms with Crippen molar-refractivity contribution in [2.75, 3.05) is 0 Å². The molecule has 27 heavy (non-hydrogen) atoms. The van der Waals surface area contributed by atoms with Crippen molar-refractivity contribution < 1.29 is 28.5 Å². The van der Waals surface area contributed by atoms with E-state index in [-0.39, 0.29) is 37.8 Å². The Morgan fingerprint density at radius 3 is 2.30 bits per heavy atom. The Kier molecular flexibility index (Phi) is 5.44. The van der Waals surface area contributed by atoms with Gasteiger partial charge in [0.25, 0.3) is 0 Å². The molecular weight excluding hydrogens is 350 g/mol. The third-order valence-electron chi connectivity index (χ3n) is 4.89. The lowest BCUT2D eigenvalue weighted by atomic mass is 9.71. The van der Waals surface area contributed by atoms with Gasteiger partial charge in [0.1, 0.15) is 6.61 Å². The quantitative estimate of drug-likeness (QED) is 0.795. The Labute approximate surface area is 159 Å². The van der Waals surface area contributed by atoms with Gasteiger partial charge >= 0.3 is 12.1 Å². The van der Waals surface area contributed by atoms with E-state index in [1.807, 2.05) is 44.2 Å². The van der Waals surface area contributed by atoms with Gasteiger partial charge in [0.15, 0.2) is 11.3 Å². The van der Waals surface area contributed by atoms with Crippen molar-refractivity contribution in [3.63, 3.8) is 0 Å². The summed E-state index contributed by atoms with van der Waals surface area (Å²) in [5, 5.41) is 2.69. The third-order valence-corrected chi connectivity index (χ3v) is 4.89. The number of alkyl carbamates (subject to hydrolysis) is 1. The van der Waals surface area contributed by atoms with E-state index in [9.17, 15) is 9.59 Å². The lowest BCUT2D eigenvalue weighted by molar-refractivity contribution is -0.257. The number of hydrogen-bond acceptors (Lipinski definition) is 6. The first-order valence-corrected chi connectivity index (χ1v) is 9.29.